The van der Waals surface area contributed by atoms with Crippen molar-refractivity contribution in [1.29, 1.82) is 0 Å². The fourth-order valence-electron chi connectivity index (χ4n) is 2.57. The first-order valence-electron chi connectivity index (χ1n) is 8.14. The van der Waals surface area contributed by atoms with Crippen LogP contribution in [0.15, 0.2) is 6.07 Å². The van der Waals surface area contributed by atoms with Crippen molar-refractivity contribution >= 4 is 11.9 Å². The summed E-state index contributed by atoms with van der Waals surface area (Å²) in [6, 6.07) is 1.88. The zero-order chi connectivity index (χ0) is 17.4. The van der Waals surface area contributed by atoms with Crippen LogP contribution in [0.3, 0.4) is 0 Å². The summed E-state index contributed by atoms with van der Waals surface area (Å²) in [5.41, 5.74) is 0.770. The molecular formula is C17H27N3O3. The molecule has 1 aromatic heterocycles. The number of amides is 1. The molecule has 0 bridgehead atoms. The smallest absolute Gasteiger partial charge is 0.303 e. The summed E-state index contributed by atoms with van der Waals surface area (Å²) in [6.45, 7) is 9.88. The van der Waals surface area contributed by atoms with Gasteiger partial charge in [-0.05, 0) is 59.9 Å². The fourth-order valence-corrected chi connectivity index (χ4v) is 2.57. The van der Waals surface area contributed by atoms with E-state index >= 15 is 0 Å². The summed E-state index contributed by atoms with van der Waals surface area (Å²) >= 11 is 0. The Balaban J connectivity index is 2.15. The molecule has 1 saturated carbocycles. The van der Waals surface area contributed by atoms with Crippen molar-refractivity contribution in [1.82, 2.24) is 15.1 Å². The van der Waals surface area contributed by atoms with E-state index in [-0.39, 0.29) is 17.9 Å². The monoisotopic (exact) mass is 321 g/mol. The van der Waals surface area contributed by atoms with Crippen molar-refractivity contribution in [3.05, 3.63) is 17.5 Å². The standard InChI is InChI=1S/C17H27N3O3/c1-16(2,3)20-13(11-6-7-11)10-12(19-20)15(23)18-17(4,5)9-8-14(21)22/h10-11H,6-9H2,1-5H3,(H,18,23)(H,21,22). The molecule has 1 aliphatic rings. The molecule has 2 rings (SSSR count). The van der Waals surface area contributed by atoms with Gasteiger partial charge in [0.15, 0.2) is 0 Å². The number of rotatable bonds is 6. The van der Waals surface area contributed by atoms with E-state index in [0.717, 1.165) is 18.5 Å². The van der Waals surface area contributed by atoms with E-state index in [1.807, 2.05) is 24.6 Å². The lowest BCUT2D eigenvalue weighted by atomic mass is 9.98. The molecular weight excluding hydrogens is 294 g/mol. The minimum atomic E-state index is -0.861. The number of aromatic nitrogens is 2. The highest BCUT2D eigenvalue weighted by molar-refractivity contribution is 5.93. The van der Waals surface area contributed by atoms with E-state index in [1.54, 1.807) is 0 Å². The van der Waals surface area contributed by atoms with Crippen molar-refractivity contribution in [3.63, 3.8) is 0 Å². The Morgan fingerprint density at radius 2 is 1.91 bits per heavy atom. The largest absolute Gasteiger partial charge is 0.481 e. The van der Waals surface area contributed by atoms with Gasteiger partial charge in [-0.2, -0.15) is 5.10 Å². The molecule has 0 aromatic carbocycles. The average Bonchev–Trinajstić information content (AvgIpc) is 3.13. The maximum atomic E-state index is 12.5. The van der Waals surface area contributed by atoms with E-state index < -0.39 is 11.5 Å². The third kappa shape index (κ3) is 4.56. The van der Waals surface area contributed by atoms with Gasteiger partial charge >= 0.3 is 5.97 Å². The third-order valence-electron chi connectivity index (χ3n) is 4.02. The quantitative estimate of drug-likeness (QED) is 0.844. The van der Waals surface area contributed by atoms with Crippen LogP contribution in [0.4, 0.5) is 0 Å². The first-order valence-corrected chi connectivity index (χ1v) is 8.14. The lowest BCUT2D eigenvalue weighted by molar-refractivity contribution is -0.137. The number of carboxylic acid groups (broad SMARTS) is 1. The maximum Gasteiger partial charge on any atom is 0.303 e. The molecule has 1 fully saturated rings. The van der Waals surface area contributed by atoms with Gasteiger partial charge in [-0.1, -0.05) is 0 Å². The summed E-state index contributed by atoms with van der Waals surface area (Å²) in [7, 11) is 0. The molecule has 0 spiro atoms. The zero-order valence-corrected chi connectivity index (χ0v) is 14.6. The molecule has 0 radical (unpaired) electrons. The molecule has 2 N–H and O–H groups in total. The van der Waals surface area contributed by atoms with Crippen molar-refractivity contribution in [2.75, 3.05) is 0 Å². The van der Waals surface area contributed by atoms with Crippen LogP contribution in [0.25, 0.3) is 0 Å². The van der Waals surface area contributed by atoms with Crippen LogP contribution in [-0.2, 0) is 10.3 Å². The van der Waals surface area contributed by atoms with E-state index in [4.69, 9.17) is 5.11 Å². The maximum absolute atomic E-state index is 12.5. The number of carbonyl (C=O) groups excluding carboxylic acids is 1. The predicted octanol–water partition coefficient (Wildman–Crippen LogP) is 2.89. The second kappa shape index (κ2) is 5.98. The minimum Gasteiger partial charge on any atom is -0.481 e. The molecule has 0 aliphatic heterocycles. The Morgan fingerprint density at radius 1 is 1.30 bits per heavy atom. The first-order chi connectivity index (χ1) is 10.5. The number of carboxylic acids is 1. The molecule has 1 aromatic rings. The lowest BCUT2D eigenvalue weighted by Crippen LogP contribution is -2.44. The second-order valence-corrected chi connectivity index (χ2v) is 8.04. The summed E-state index contributed by atoms with van der Waals surface area (Å²) in [5.74, 6) is -0.603. The van der Waals surface area contributed by atoms with E-state index in [0.29, 0.717) is 18.0 Å². The fraction of sp³-hybridized carbons (Fsp3) is 0.706. The van der Waals surface area contributed by atoms with E-state index in [9.17, 15) is 9.59 Å². The summed E-state index contributed by atoms with van der Waals surface area (Å²) in [4.78, 5) is 23.2. The van der Waals surface area contributed by atoms with Gasteiger partial charge in [0.1, 0.15) is 5.69 Å². The SMILES string of the molecule is CC(C)(CCC(=O)O)NC(=O)c1cc(C2CC2)n(C(C)(C)C)n1. The molecule has 0 saturated heterocycles. The van der Waals surface area contributed by atoms with Crippen molar-refractivity contribution in [3.8, 4) is 0 Å². The van der Waals surface area contributed by atoms with Crippen LogP contribution < -0.4 is 5.32 Å². The summed E-state index contributed by atoms with van der Waals surface area (Å²) < 4.78 is 1.95. The van der Waals surface area contributed by atoms with Gasteiger partial charge in [0, 0.05) is 23.6 Å². The third-order valence-corrected chi connectivity index (χ3v) is 4.02. The number of nitrogens with one attached hydrogen (secondary N) is 1. The molecule has 6 heteroatoms. The van der Waals surface area contributed by atoms with Gasteiger partial charge < -0.3 is 10.4 Å². The van der Waals surface area contributed by atoms with Gasteiger partial charge in [-0.25, -0.2) is 0 Å². The second-order valence-electron chi connectivity index (χ2n) is 8.04. The Labute approximate surface area is 137 Å². The minimum absolute atomic E-state index is 0.0248. The number of carbonyl (C=O) groups is 2. The van der Waals surface area contributed by atoms with Crippen molar-refractivity contribution in [2.45, 2.75) is 77.3 Å². The van der Waals surface area contributed by atoms with Crippen LogP contribution in [0.1, 0.15) is 82.4 Å². The van der Waals surface area contributed by atoms with Gasteiger partial charge in [0.25, 0.3) is 5.91 Å². The highest BCUT2D eigenvalue weighted by atomic mass is 16.4. The Hall–Kier alpha value is -1.85. The lowest BCUT2D eigenvalue weighted by Gasteiger charge is -2.25. The highest BCUT2D eigenvalue weighted by Gasteiger charge is 2.33. The van der Waals surface area contributed by atoms with Crippen LogP contribution in [0.5, 0.6) is 0 Å². The summed E-state index contributed by atoms with van der Waals surface area (Å²) in [6.07, 6.45) is 2.69. The first kappa shape index (κ1) is 17.5. The molecule has 1 aliphatic carbocycles. The molecule has 0 atom stereocenters. The molecule has 1 heterocycles. The van der Waals surface area contributed by atoms with E-state index in [1.165, 1.54) is 0 Å². The number of nitrogens with zero attached hydrogens (tertiary/aromatic N) is 2. The predicted molar refractivity (Wildman–Crippen MR) is 87.6 cm³/mol. The molecule has 1 amide bonds. The topological polar surface area (TPSA) is 84.2 Å². The molecule has 128 valence electrons. The number of hydrogen-bond donors (Lipinski definition) is 2. The summed E-state index contributed by atoms with van der Waals surface area (Å²) in [5, 5.41) is 16.2. The van der Waals surface area contributed by atoms with Gasteiger partial charge in [-0.15, -0.1) is 0 Å². The van der Waals surface area contributed by atoms with E-state index in [2.05, 4.69) is 31.2 Å². The zero-order valence-electron chi connectivity index (χ0n) is 14.6. The molecule has 23 heavy (non-hydrogen) atoms. The Bertz CT molecular complexity index is 607. The van der Waals surface area contributed by atoms with Crippen LogP contribution >= 0.6 is 0 Å². The van der Waals surface area contributed by atoms with Gasteiger partial charge in [-0.3, -0.25) is 14.3 Å². The number of aliphatic carboxylic acids is 1. The van der Waals surface area contributed by atoms with Crippen LogP contribution in [0.2, 0.25) is 0 Å². The van der Waals surface area contributed by atoms with Crippen molar-refractivity contribution in [2.24, 2.45) is 0 Å². The number of hydrogen-bond acceptors (Lipinski definition) is 3. The van der Waals surface area contributed by atoms with Gasteiger partial charge in [0.2, 0.25) is 0 Å². The Kier molecular flexibility index (Phi) is 4.55. The van der Waals surface area contributed by atoms with Crippen LogP contribution in [0, 0.1) is 0 Å². The normalized spacial score (nSPS) is 15.5. The molecule has 6 nitrogen and oxygen atoms in total. The van der Waals surface area contributed by atoms with Crippen LogP contribution in [-0.4, -0.2) is 32.3 Å². The van der Waals surface area contributed by atoms with Gasteiger partial charge in [0.05, 0.1) is 5.54 Å². The highest BCUT2D eigenvalue weighted by Crippen LogP contribution is 2.41. The Morgan fingerprint density at radius 3 is 2.39 bits per heavy atom. The van der Waals surface area contributed by atoms with Crippen molar-refractivity contribution < 1.29 is 14.7 Å². The molecule has 0 unspecified atom stereocenters. The average molecular weight is 321 g/mol.